The molecule has 29 heavy (non-hydrogen) atoms. The molecule has 0 atom stereocenters. The van der Waals surface area contributed by atoms with Crippen molar-refractivity contribution in [2.75, 3.05) is 0 Å². The molecule has 4 rings (SSSR count). The fraction of sp³-hybridized carbons (Fsp3) is 0.750. The Morgan fingerprint density at radius 1 is 0.552 bits per heavy atom. The molecule has 0 aromatic heterocycles. The van der Waals surface area contributed by atoms with Crippen LogP contribution in [-0.4, -0.2) is 26.0 Å². The number of phenols is 2. The average molecular weight is 453 g/mol. The third-order valence-corrected chi connectivity index (χ3v) is 11.1. The lowest BCUT2D eigenvalue weighted by atomic mass is 10.0. The van der Waals surface area contributed by atoms with Crippen molar-refractivity contribution in [3.05, 3.63) is 6.07 Å². The summed E-state index contributed by atoms with van der Waals surface area (Å²) in [5.74, 6) is 0.849. The minimum atomic E-state index is 0.398. The fourth-order valence-electron chi connectivity index (χ4n) is 4.97. The summed E-state index contributed by atoms with van der Waals surface area (Å²) in [5, 5.41) is 24.1. The van der Waals surface area contributed by atoms with Gasteiger partial charge in [-0.3, -0.25) is 0 Å². The van der Waals surface area contributed by atoms with Crippen molar-refractivity contribution in [1.29, 1.82) is 0 Å². The summed E-state index contributed by atoms with van der Waals surface area (Å²) < 4.78 is 0. The highest BCUT2D eigenvalue weighted by Gasteiger charge is 2.27. The van der Waals surface area contributed by atoms with E-state index in [-0.39, 0.29) is 0 Å². The summed E-state index contributed by atoms with van der Waals surface area (Å²) in [5.41, 5.74) is 0. The molecule has 5 heteroatoms. The van der Waals surface area contributed by atoms with E-state index in [9.17, 15) is 10.2 Å². The van der Waals surface area contributed by atoms with Crippen LogP contribution in [-0.2, 0) is 0 Å². The molecule has 2 nitrogen and oxygen atoms in total. The van der Waals surface area contributed by atoms with Crippen LogP contribution in [0.1, 0.15) is 96.3 Å². The van der Waals surface area contributed by atoms with Gasteiger partial charge in [0.15, 0.2) is 0 Å². The Hall–Kier alpha value is -0.130. The molecular formula is C24H36O2S3. The summed E-state index contributed by atoms with van der Waals surface area (Å²) >= 11 is 5.49. The Labute approximate surface area is 189 Å². The molecule has 3 saturated carbocycles. The molecule has 0 unspecified atom stereocenters. The van der Waals surface area contributed by atoms with Crippen LogP contribution in [0.3, 0.4) is 0 Å². The molecule has 0 saturated heterocycles. The topological polar surface area (TPSA) is 40.5 Å². The van der Waals surface area contributed by atoms with Gasteiger partial charge >= 0.3 is 0 Å². The van der Waals surface area contributed by atoms with E-state index in [0.29, 0.717) is 27.2 Å². The van der Waals surface area contributed by atoms with Gasteiger partial charge < -0.3 is 10.2 Å². The van der Waals surface area contributed by atoms with Crippen LogP contribution in [0.4, 0.5) is 0 Å². The Bertz CT molecular complexity index is 661. The number of phenolic OH excluding ortho intramolecular Hbond substituents is 2. The average Bonchev–Trinajstić information content (AvgIpc) is 2.76. The van der Waals surface area contributed by atoms with Crippen LogP contribution in [0, 0.1) is 0 Å². The van der Waals surface area contributed by atoms with Gasteiger partial charge in [0.05, 0.1) is 14.7 Å². The van der Waals surface area contributed by atoms with E-state index in [4.69, 9.17) is 0 Å². The molecule has 1 aromatic rings. The predicted molar refractivity (Wildman–Crippen MR) is 128 cm³/mol. The zero-order valence-electron chi connectivity index (χ0n) is 17.5. The van der Waals surface area contributed by atoms with Crippen molar-refractivity contribution in [2.24, 2.45) is 0 Å². The van der Waals surface area contributed by atoms with Crippen molar-refractivity contribution in [1.82, 2.24) is 0 Å². The van der Waals surface area contributed by atoms with Gasteiger partial charge in [0.25, 0.3) is 0 Å². The molecule has 3 fully saturated rings. The van der Waals surface area contributed by atoms with Gasteiger partial charge in [-0.15, -0.1) is 35.3 Å². The second kappa shape index (κ2) is 10.9. The zero-order chi connectivity index (χ0) is 20.1. The summed E-state index contributed by atoms with van der Waals surface area (Å²) in [4.78, 5) is 2.84. The molecule has 0 aliphatic heterocycles. The van der Waals surface area contributed by atoms with Crippen LogP contribution in [0.15, 0.2) is 20.8 Å². The standard InChI is InChI=1S/C24H36O2S3/c25-20-16-21(27-17-10-4-1-5-11-17)22(26)24(29-19-14-8-3-9-15-19)23(20)28-18-12-6-2-7-13-18/h16-19,25-26H,1-15H2. The summed E-state index contributed by atoms with van der Waals surface area (Å²) in [7, 11) is 0. The van der Waals surface area contributed by atoms with Crippen molar-refractivity contribution >= 4 is 35.3 Å². The van der Waals surface area contributed by atoms with Gasteiger partial charge in [-0.1, -0.05) is 57.8 Å². The second-order valence-electron chi connectivity index (χ2n) is 9.03. The van der Waals surface area contributed by atoms with Gasteiger partial charge in [0.1, 0.15) is 11.5 Å². The summed E-state index contributed by atoms with van der Waals surface area (Å²) in [6, 6.07) is 1.87. The van der Waals surface area contributed by atoms with E-state index in [1.807, 2.05) is 29.6 Å². The Balaban J connectivity index is 1.59. The monoisotopic (exact) mass is 452 g/mol. The van der Waals surface area contributed by atoms with Crippen LogP contribution in [0.25, 0.3) is 0 Å². The quantitative estimate of drug-likeness (QED) is 0.424. The third kappa shape index (κ3) is 5.98. The highest BCUT2D eigenvalue weighted by Crippen LogP contribution is 2.53. The molecule has 0 radical (unpaired) electrons. The second-order valence-corrected chi connectivity index (χ2v) is 13.0. The van der Waals surface area contributed by atoms with Crippen molar-refractivity contribution < 1.29 is 10.2 Å². The maximum Gasteiger partial charge on any atom is 0.144 e. The SMILES string of the molecule is Oc1cc(SC2CCCCC2)c(O)c(SC2CCCCC2)c1SC1CCCCC1. The van der Waals surface area contributed by atoms with Crippen molar-refractivity contribution in [3.63, 3.8) is 0 Å². The van der Waals surface area contributed by atoms with Crippen LogP contribution < -0.4 is 0 Å². The number of aromatic hydroxyl groups is 2. The number of hydrogen-bond acceptors (Lipinski definition) is 5. The molecule has 0 spiro atoms. The maximum atomic E-state index is 11.3. The summed E-state index contributed by atoms with van der Waals surface area (Å²) in [6.45, 7) is 0. The molecule has 162 valence electrons. The normalized spacial score (nSPS) is 22.8. The summed E-state index contributed by atoms with van der Waals surface area (Å²) in [6.07, 6.45) is 19.2. The molecular weight excluding hydrogens is 416 g/mol. The zero-order valence-corrected chi connectivity index (χ0v) is 20.0. The molecule has 3 aliphatic carbocycles. The van der Waals surface area contributed by atoms with Crippen LogP contribution >= 0.6 is 35.3 Å². The fourth-order valence-corrected chi connectivity index (χ4v) is 9.26. The molecule has 0 heterocycles. The lowest BCUT2D eigenvalue weighted by Crippen LogP contribution is -2.10. The first kappa shape index (κ1) is 22.1. The largest absolute Gasteiger partial charge is 0.507 e. The van der Waals surface area contributed by atoms with E-state index in [0.717, 1.165) is 14.7 Å². The predicted octanol–water partition coefficient (Wildman–Crippen LogP) is 8.37. The highest BCUT2D eigenvalue weighted by molar-refractivity contribution is 8.03. The highest BCUT2D eigenvalue weighted by atomic mass is 32.2. The van der Waals surface area contributed by atoms with E-state index in [1.165, 1.54) is 96.3 Å². The van der Waals surface area contributed by atoms with Crippen LogP contribution in [0.5, 0.6) is 11.5 Å². The Kier molecular flexibility index (Phi) is 8.34. The van der Waals surface area contributed by atoms with Gasteiger partial charge in [0.2, 0.25) is 0 Å². The van der Waals surface area contributed by atoms with E-state index >= 15 is 0 Å². The molecule has 2 N–H and O–H groups in total. The minimum Gasteiger partial charge on any atom is -0.507 e. The third-order valence-electron chi connectivity index (χ3n) is 6.67. The van der Waals surface area contributed by atoms with Crippen LogP contribution in [0.2, 0.25) is 0 Å². The first-order valence-corrected chi connectivity index (χ1v) is 14.4. The molecule has 0 bridgehead atoms. The smallest absolute Gasteiger partial charge is 0.144 e. The van der Waals surface area contributed by atoms with E-state index in [2.05, 4.69) is 0 Å². The van der Waals surface area contributed by atoms with Gasteiger partial charge in [-0.2, -0.15) is 0 Å². The molecule has 1 aromatic carbocycles. The van der Waals surface area contributed by atoms with Gasteiger partial charge in [-0.25, -0.2) is 0 Å². The van der Waals surface area contributed by atoms with E-state index in [1.54, 1.807) is 11.8 Å². The van der Waals surface area contributed by atoms with E-state index < -0.39 is 0 Å². The lowest BCUT2D eigenvalue weighted by Gasteiger charge is -2.27. The number of thioether (sulfide) groups is 3. The first-order valence-electron chi connectivity index (χ1n) is 11.8. The Morgan fingerprint density at radius 3 is 1.45 bits per heavy atom. The molecule has 0 amide bonds. The van der Waals surface area contributed by atoms with Gasteiger partial charge in [-0.05, 0) is 44.6 Å². The number of hydrogen-bond donors (Lipinski definition) is 2. The number of benzene rings is 1. The first-order chi connectivity index (χ1) is 14.2. The number of rotatable bonds is 6. The maximum absolute atomic E-state index is 11.3. The Morgan fingerprint density at radius 2 is 0.966 bits per heavy atom. The van der Waals surface area contributed by atoms with Crippen molar-refractivity contribution in [2.45, 2.75) is 127 Å². The van der Waals surface area contributed by atoms with Gasteiger partial charge in [0, 0.05) is 15.7 Å². The van der Waals surface area contributed by atoms with Crippen molar-refractivity contribution in [3.8, 4) is 11.5 Å². The molecule has 3 aliphatic rings. The lowest BCUT2D eigenvalue weighted by molar-refractivity contribution is 0.422. The minimum absolute atomic E-state index is 0.398.